The molecule has 1 fully saturated rings. The summed E-state index contributed by atoms with van der Waals surface area (Å²) in [6.45, 7) is 2.05. The van der Waals surface area contributed by atoms with Crippen LogP contribution in [0.2, 0.25) is 5.02 Å². The second-order valence-electron chi connectivity index (χ2n) is 4.52. The van der Waals surface area contributed by atoms with Crippen molar-refractivity contribution >= 4 is 22.9 Å². The van der Waals surface area contributed by atoms with Crippen LogP contribution >= 0.6 is 22.9 Å². The highest BCUT2D eigenvalue weighted by Crippen LogP contribution is 2.39. The van der Waals surface area contributed by atoms with Gasteiger partial charge in [0.25, 0.3) is 0 Å². The van der Waals surface area contributed by atoms with E-state index in [0.29, 0.717) is 5.92 Å². The Bertz CT molecular complexity index is 328. The molecule has 0 aromatic carbocycles. The van der Waals surface area contributed by atoms with Gasteiger partial charge >= 0.3 is 0 Å². The normalized spacial score (nSPS) is 20.5. The molecule has 84 valence electrons. The van der Waals surface area contributed by atoms with Gasteiger partial charge in [-0.25, -0.2) is 0 Å². The van der Waals surface area contributed by atoms with Gasteiger partial charge in [-0.3, -0.25) is 0 Å². The lowest BCUT2D eigenvalue weighted by molar-refractivity contribution is 0.311. The molecule has 0 bridgehead atoms. The zero-order valence-corrected chi connectivity index (χ0v) is 10.7. The van der Waals surface area contributed by atoms with Gasteiger partial charge in [-0.05, 0) is 36.6 Å². The van der Waals surface area contributed by atoms with E-state index in [1.54, 1.807) is 11.3 Å². The minimum absolute atomic E-state index is 0.163. The van der Waals surface area contributed by atoms with Gasteiger partial charge in [-0.15, -0.1) is 11.3 Å². The Morgan fingerprint density at radius 1 is 1.40 bits per heavy atom. The van der Waals surface area contributed by atoms with Crippen LogP contribution in [0.3, 0.4) is 0 Å². The first-order valence-electron chi connectivity index (χ1n) is 5.69. The molecule has 15 heavy (non-hydrogen) atoms. The maximum atomic E-state index is 6.31. The van der Waals surface area contributed by atoms with Gasteiger partial charge in [-0.2, -0.15) is 0 Å². The number of thiophene rings is 1. The first-order chi connectivity index (χ1) is 7.20. The van der Waals surface area contributed by atoms with Crippen LogP contribution in [-0.2, 0) is 0 Å². The van der Waals surface area contributed by atoms with Crippen LogP contribution in [0.1, 0.15) is 48.6 Å². The molecular formula is C12H18ClNS. The van der Waals surface area contributed by atoms with Gasteiger partial charge in [-0.1, -0.05) is 30.9 Å². The quantitative estimate of drug-likeness (QED) is 0.824. The Hall–Kier alpha value is -0.0500. The van der Waals surface area contributed by atoms with Gasteiger partial charge in [0.05, 0.1) is 5.02 Å². The van der Waals surface area contributed by atoms with Gasteiger partial charge in [0, 0.05) is 10.9 Å². The maximum absolute atomic E-state index is 6.31. The van der Waals surface area contributed by atoms with Crippen molar-refractivity contribution < 1.29 is 0 Å². The number of halogens is 1. The first kappa shape index (κ1) is 11.4. The minimum atomic E-state index is 0.163. The molecule has 1 aromatic rings. The van der Waals surface area contributed by atoms with Crippen molar-refractivity contribution in [2.75, 3.05) is 0 Å². The molecule has 0 radical (unpaired) electrons. The molecule has 1 atom stereocenters. The summed E-state index contributed by atoms with van der Waals surface area (Å²) in [5.74, 6) is 0.647. The van der Waals surface area contributed by atoms with Crippen LogP contribution in [0.5, 0.6) is 0 Å². The lowest BCUT2D eigenvalue weighted by atomic mass is 9.83. The smallest absolute Gasteiger partial charge is 0.0590 e. The zero-order chi connectivity index (χ0) is 10.8. The average molecular weight is 244 g/mol. The molecular weight excluding hydrogens is 226 g/mol. The topological polar surface area (TPSA) is 26.0 Å². The van der Waals surface area contributed by atoms with E-state index in [1.165, 1.54) is 42.5 Å². The van der Waals surface area contributed by atoms with Crippen molar-refractivity contribution in [1.29, 1.82) is 0 Å². The van der Waals surface area contributed by atoms with Crippen LogP contribution in [0.25, 0.3) is 0 Å². The summed E-state index contributed by atoms with van der Waals surface area (Å²) in [5.41, 5.74) is 7.48. The van der Waals surface area contributed by atoms with Crippen molar-refractivity contribution in [3.05, 3.63) is 20.8 Å². The second-order valence-corrected chi connectivity index (χ2v) is 5.81. The van der Waals surface area contributed by atoms with Crippen LogP contribution in [0.15, 0.2) is 5.38 Å². The molecule has 0 aliphatic heterocycles. The van der Waals surface area contributed by atoms with E-state index in [-0.39, 0.29) is 6.04 Å². The fourth-order valence-electron chi connectivity index (χ4n) is 2.38. The number of nitrogens with two attached hydrogens (primary N) is 1. The Morgan fingerprint density at radius 2 is 2.07 bits per heavy atom. The molecule has 0 spiro atoms. The molecule has 2 N–H and O–H groups in total. The highest BCUT2D eigenvalue weighted by molar-refractivity contribution is 7.10. The summed E-state index contributed by atoms with van der Waals surface area (Å²) in [7, 11) is 0. The fourth-order valence-corrected chi connectivity index (χ4v) is 3.80. The van der Waals surface area contributed by atoms with E-state index in [2.05, 4.69) is 12.3 Å². The van der Waals surface area contributed by atoms with Crippen LogP contribution in [0.4, 0.5) is 0 Å². The van der Waals surface area contributed by atoms with Crippen molar-refractivity contribution in [1.82, 2.24) is 0 Å². The van der Waals surface area contributed by atoms with E-state index in [4.69, 9.17) is 17.3 Å². The fraction of sp³-hybridized carbons (Fsp3) is 0.667. The van der Waals surface area contributed by atoms with Gasteiger partial charge in [0.2, 0.25) is 0 Å². The summed E-state index contributed by atoms with van der Waals surface area (Å²) in [6.07, 6.45) is 6.59. The largest absolute Gasteiger partial charge is 0.323 e. The second kappa shape index (κ2) is 4.86. The molecule has 1 nitrogen and oxygen atoms in total. The summed E-state index contributed by atoms with van der Waals surface area (Å²) >= 11 is 7.97. The minimum Gasteiger partial charge on any atom is -0.323 e. The van der Waals surface area contributed by atoms with Crippen LogP contribution < -0.4 is 5.73 Å². The van der Waals surface area contributed by atoms with Crippen molar-refractivity contribution in [3.8, 4) is 0 Å². The molecule has 1 heterocycles. The molecule has 1 aliphatic rings. The van der Waals surface area contributed by atoms with Crippen molar-refractivity contribution in [2.24, 2.45) is 11.7 Å². The lowest BCUT2D eigenvalue weighted by Gasteiger charge is -2.27. The van der Waals surface area contributed by atoms with E-state index >= 15 is 0 Å². The van der Waals surface area contributed by atoms with Crippen molar-refractivity contribution in [2.45, 2.75) is 45.1 Å². The Labute approximate surface area is 101 Å². The Balaban J connectivity index is 2.12. The standard InChI is InChI=1S/C12H18ClNS/c1-8-7-15-12(10(8)13)11(14)9-5-3-2-4-6-9/h7,9,11H,2-6,14H2,1H3. The summed E-state index contributed by atoms with van der Waals surface area (Å²) in [5, 5.41) is 3.01. The molecule has 0 saturated heterocycles. The van der Waals surface area contributed by atoms with Gasteiger partial charge in [0.15, 0.2) is 0 Å². The average Bonchev–Trinajstić information content (AvgIpc) is 2.60. The van der Waals surface area contributed by atoms with Crippen LogP contribution in [-0.4, -0.2) is 0 Å². The number of rotatable bonds is 2. The summed E-state index contributed by atoms with van der Waals surface area (Å²) in [4.78, 5) is 1.20. The summed E-state index contributed by atoms with van der Waals surface area (Å²) < 4.78 is 0. The summed E-state index contributed by atoms with van der Waals surface area (Å²) in [6, 6.07) is 0.163. The number of aryl methyl sites for hydroxylation is 1. The molecule has 1 aliphatic carbocycles. The molecule has 1 unspecified atom stereocenters. The zero-order valence-electron chi connectivity index (χ0n) is 9.13. The first-order valence-corrected chi connectivity index (χ1v) is 6.95. The van der Waals surface area contributed by atoms with Gasteiger partial charge in [0.1, 0.15) is 0 Å². The monoisotopic (exact) mass is 243 g/mol. The third kappa shape index (κ3) is 2.38. The Kier molecular flexibility index (Phi) is 3.70. The highest BCUT2D eigenvalue weighted by atomic mass is 35.5. The third-order valence-corrected chi connectivity index (χ3v) is 5.20. The van der Waals surface area contributed by atoms with E-state index < -0.39 is 0 Å². The van der Waals surface area contributed by atoms with Crippen LogP contribution in [0, 0.1) is 12.8 Å². The number of hydrogen-bond donors (Lipinski definition) is 1. The molecule has 1 saturated carbocycles. The molecule has 0 amide bonds. The van der Waals surface area contributed by atoms with E-state index in [0.717, 1.165) is 5.02 Å². The SMILES string of the molecule is Cc1csc(C(N)C2CCCCC2)c1Cl. The number of hydrogen-bond acceptors (Lipinski definition) is 2. The van der Waals surface area contributed by atoms with Gasteiger partial charge < -0.3 is 5.73 Å². The lowest BCUT2D eigenvalue weighted by Crippen LogP contribution is -2.22. The predicted molar refractivity (Wildman–Crippen MR) is 67.6 cm³/mol. The molecule has 2 rings (SSSR count). The van der Waals surface area contributed by atoms with Crippen molar-refractivity contribution in [3.63, 3.8) is 0 Å². The highest BCUT2D eigenvalue weighted by Gasteiger charge is 2.24. The maximum Gasteiger partial charge on any atom is 0.0590 e. The molecule has 1 aromatic heterocycles. The third-order valence-electron chi connectivity index (χ3n) is 3.39. The molecule has 3 heteroatoms. The van der Waals surface area contributed by atoms with E-state index in [9.17, 15) is 0 Å². The Morgan fingerprint density at radius 3 is 2.60 bits per heavy atom. The predicted octanol–water partition coefficient (Wildman–Crippen LogP) is 4.29. The van der Waals surface area contributed by atoms with E-state index in [1.807, 2.05) is 0 Å².